The van der Waals surface area contributed by atoms with Gasteiger partial charge in [0, 0.05) is 56.6 Å². The van der Waals surface area contributed by atoms with Crippen LogP contribution in [0.5, 0.6) is 0 Å². The Balaban J connectivity index is 1.13. The first-order valence-electron chi connectivity index (χ1n) is 26.6. The zero-order chi connectivity index (χ0) is 50.0. The van der Waals surface area contributed by atoms with Crippen molar-refractivity contribution in [3.8, 4) is 11.1 Å². The van der Waals surface area contributed by atoms with Crippen molar-refractivity contribution < 1.29 is 0 Å². The first kappa shape index (κ1) is 45.1. The smallest absolute Gasteiger partial charge is 0.252 e. The molecule has 0 N–H and O–H groups in total. The van der Waals surface area contributed by atoms with Crippen LogP contribution in [0.3, 0.4) is 0 Å². The highest BCUT2D eigenvalue weighted by atomic mass is 15.2. The standard InChI is InChI=1S/C68H68BN3/c1-42-33-61-63-62(34-42)72(58-39-55-52(35-43(58)2)66(7,8)41-67(55,9)10)60-40-54-53(64(3,4)31-32-65(54,5)6)38-57(60)69(63)56-30-28-47(70(44-21-15-13-16-22-44)45-23-17-14-18-24-45)37-59(56)71(61)46-27-29-51-49(36-46)48-25-19-20-26-50(48)68(51,11)12/h13-30,33-40H,31-32,41H2,1-12H3. The zero-order valence-corrected chi connectivity index (χ0v) is 44.6. The minimum atomic E-state index is -0.0971. The van der Waals surface area contributed by atoms with Crippen molar-refractivity contribution in [3.63, 3.8) is 0 Å². The second kappa shape index (κ2) is 15.1. The van der Waals surface area contributed by atoms with Crippen LogP contribution in [0.2, 0.25) is 0 Å². The average Bonchev–Trinajstić information content (AvgIpc) is 3.68. The van der Waals surface area contributed by atoms with Crippen LogP contribution in [0.15, 0.2) is 158 Å². The molecule has 0 bridgehead atoms. The summed E-state index contributed by atoms with van der Waals surface area (Å²) in [5.74, 6) is 0. The first-order valence-corrected chi connectivity index (χ1v) is 26.6. The molecule has 3 nitrogen and oxygen atoms in total. The molecule has 0 fully saturated rings. The number of rotatable bonds is 5. The minimum absolute atomic E-state index is 0.00520. The van der Waals surface area contributed by atoms with Gasteiger partial charge < -0.3 is 14.7 Å². The fourth-order valence-electron chi connectivity index (χ4n) is 14.7. The average molecular weight is 938 g/mol. The highest BCUT2D eigenvalue weighted by Crippen LogP contribution is 2.56. The van der Waals surface area contributed by atoms with Gasteiger partial charge in [0.05, 0.1) is 0 Å². The molecule has 0 radical (unpaired) electrons. The molecule has 0 atom stereocenters. The van der Waals surface area contributed by atoms with Gasteiger partial charge in [-0.15, -0.1) is 0 Å². The zero-order valence-electron chi connectivity index (χ0n) is 44.6. The molecular weight excluding hydrogens is 870 g/mol. The summed E-state index contributed by atoms with van der Waals surface area (Å²) in [5, 5.41) is 0. The van der Waals surface area contributed by atoms with Crippen LogP contribution in [-0.4, -0.2) is 6.71 Å². The van der Waals surface area contributed by atoms with Gasteiger partial charge in [-0.3, -0.25) is 0 Å². The van der Waals surface area contributed by atoms with Gasteiger partial charge in [-0.05, 0) is 200 Å². The summed E-state index contributed by atoms with van der Waals surface area (Å²) in [5.41, 5.74) is 29.2. The van der Waals surface area contributed by atoms with E-state index in [2.05, 4.69) is 256 Å². The second-order valence-corrected chi connectivity index (χ2v) is 25.3. The van der Waals surface area contributed by atoms with E-state index >= 15 is 0 Å². The van der Waals surface area contributed by atoms with Crippen LogP contribution >= 0.6 is 0 Å². The molecule has 358 valence electrons. The lowest BCUT2D eigenvalue weighted by molar-refractivity contribution is 0.332. The van der Waals surface area contributed by atoms with Gasteiger partial charge in [-0.1, -0.05) is 154 Å². The van der Waals surface area contributed by atoms with Crippen LogP contribution in [-0.2, 0) is 27.1 Å². The van der Waals surface area contributed by atoms with Crippen LogP contribution in [0, 0.1) is 13.8 Å². The molecule has 0 saturated carbocycles. The van der Waals surface area contributed by atoms with Gasteiger partial charge in [0.2, 0.25) is 0 Å². The van der Waals surface area contributed by atoms with Crippen LogP contribution in [0.25, 0.3) is 11.1 Å². The lowest BCUT2D eigenvalue weighted by atomic mass is 9.33. The number of para-hydroxylation sites is 2. The third kappa shape index (κ3) is 6.42. The van der Waals surface area contributed by atoms with Crippen molar-refractivity contribution in [2.75, 3.05) is 14.7 Å². The maximum absolute atomic E-state index is 2.72. The van der Waals surface area contributed by atoms with Gasteiger partial charge in [-0.2, -0.15) is 0 Å². The number of aryl methyl sites for hydroxylation is 2. The molecule has 0 aromatic heterocycles. The van der Waals surface area contributed by atoms with Crippen molar-refractivity contribution >= 4 is 74.3 Å². The number of nitrogens with zero attached hydrogens (tertiary/aromatic N) is 3. The summed E-state index contributed by atoms with van der Waals surface area (Å²) >= 11 is 0. The highest BCUT2D eigenvalue weighted by molar-refractivity contribution is 7.00. The minimum Gasteiger partial charge on any atom is -0.311 e. The van der Waals surface area contributed by atoms with Crippen LogP contribution in [0.1, 0.15) is 133 Å². The molecule has 0 unspecified atom stereocenters. The van der Waals surface area contributed by atoms with Gasteiger partial charge in [0.25, 0.3) is 6.71 Å². The second-order valence-electron chi connectivity index (χ2n) is 25.3. The van der Waals surface area contributed by atoms with Gasteiger partial charge in [0.1, 0.15) is 0 Å². The SMILES string of the molecule is Cc1cc2c3c(c1)N(c1cc4c(cc1C)C(C)(C)CC4(C)C)c1cc4c(cc1B3c1ccc(N(c3ccccc3)c3ccccc3)cc1N2c1ccc2c(c1)-c1ccccc1C2(C)C)C(C)(C)CCC4(C)C. The maximum Gasteiger partial charge on any atom is 0.252 e. The molecule has 8 aromatic carbocycles. The Labute approximate surface area is 429 Å². The fourth-order valence-corrected chi connectivity index (χ4v) is 14.7. The van der Waals surface area contributed by atoms with Crippen molar-refractivity contribution in [3.05, 3.63) is 202 Å². The Morgan fingerprint density at radius 3 is 1.61 bits per heavy atom. The van der Waals surface area contributed by atoms with E-state index in [4.69, 9.17) is 0 Å². The maximum atomic E-state index is 2.72. The van der Waals surface area contributed by atoms with E-state index in [1.54, 1.807) is 0 Å². The molecule has 2 aliphatic heterocycles. The summed E-state index contributed by atoms with van der Waals surface area (Å²) in [7, 11) is 0. The molecule has 13 rings (SSSR count). The highest BCUT2D eigenvalue weighted by Gasteiger charge is 2.49. The topological polar surface area (TPSA) is 9.72 Å². The van der Waals surface area contributed by atoms with Crippen molar-refractivity contribution in [1.82, 2.24) is 0 Å². The summed E-state index contributed by atoms with van der Waals surface area (Å²) in [6.07, 6.45) is 3.46. The van der Waals surface area contributed by atoms with E-state index in [9.17, 15) is 0 Å². The Morgan fingerprint density at radius 2 is 0.944 bits per heavy atom. The lowest BCUT2D eigenvalue weighted by Crippen LogP contribution is -2.62. The molecule has 5 aliphatic rings. The first-order chi connectivity index (χ1) is 34.2. The number of hydrogen-bond donors (Lipinski definition) is 0. The number of fused-ring (bicyclic) bond motifs is 9. The van der Waals surface area contributed by atoms with Gasteiger partial charge >= 0.3 is 0 Å². The Hall–Kier alpha value is -6.78. The van der Waals surface area contributed by atoms with E-state index < -0.39 is 0 Å². The van der Waals surface area contributed by atoms with E-state index in [1.807, 2.05) is 0 Å². The summed E-state index contributed by atoms with van der Waals surface area (Å²) in [4.78, 5) is 7.78. The predicted octanol–water partition coefficient (Wildman–Crippen LogP) is 16.5. The number of anilines is 9. The molecule has 3 aliphatic carbocycles. The largest absolute Gasteiger partial charge is 0.311 e. The van der Waals surface area contributed by atoms with Crippen molar-refractivity contribution in [2.24, 2.45) is 0 Å². The lowest BCUT2D eigenvalue weighted by Gasteiger charge is -2.48. The summed E-state index contributed by atoms with van der Waals surface area (Å²) in [6, 6.07) is 61.1. The third-order valence-corrected chi connectivity index (χ3v) is 18.2. The number of hydrogen-bond acceptors (Lipinski definition) is 3. The molecule has 0 amide bonds. The molecule has 0 saturated heterocycles. The van der Waals surface area contributed by atoms with Gasteiger partial charge in [-0.25, -0.2) is 0 Å². The predicted molar refractivity (Wildman–Crippen MR) is 308 cm³/mol. The molecule has 0 spiro atoms. The Morgan fingerprint density at radius 1 is 0.403 bits per heavy atom. The van der Waals surface area contributed by atoms with Crippen molar-refractivity contribution in [2.45, 2.75) is 129 Å². The molecule has 4 heteroatoms. The molecule has 8 aromatic rings. The molecule has 72 heavy (non-hydrogen) atoms. The van der Waals surface area contributed by atoms with E-state index in [0.29, 0.717) is 0 Å². The Kier molecular flexibility index (Phi) is 9.49. The van der Waals surface area contributed by atoms with E-state index in [1.165, 1.54) is 113 Å². The van der Waals surface area contributed by atoms with Crippen LogP contribution < -0.4 is 31.1 Å². The molecular formula is C68H68BN3. The number of benzene rings is 8. The van der Waals surface area contributed by atoms with E-state index in [-0.39, 0.29) is 33.8 Å². The normalized spacial score (nSPS) is 18.3. The van der Waals surface area contributed by atoms with E-state index in [0.717, 1.165) is 29.9 Å². The molecule has 2 heterocycles. The summed E-state index contributed by atoms with van der Waals surface area (Å²) < 4.78 is 0. The third-order valence-electron chi connectivity index (χ3n) is 18.2. The monoisotopic (exact) mass is 938 g/mol. The fraction of sp³-hybridized carbons (Fsp3) is 0.294. The van der Waals surface area contributed by atoms with Crippen molar-refractivity contribution in [1.29, 1.82) is 0 Å². The van der Waals surface area contributed by atoms with Crippen LogP contribution in [0.4, 0.5) is 51.2 Å². The summed E-state index contributed by atoms with van der Waals surface area (Å²) in [6.45, 7) is 29.2. The quantitative estimate of drug-likeness (QED) is 0.159. The Bertz CT molecular complexity index is 3540. The van der Waals surface area contributed by atoms with Gasteiger partial charge in [0.15, 0.2) is 0 Å².